The summed E-state index contributed by atoms with van der Waals surface area (Å²) >= 11 is 0. The highest BCUT2D eigenvalue weighted by atomic mass is 16.5. The van der Waals surface area contributed by atoms with E-state index in [4.69, 9.17) is 4.74 Å². The summed E-state index contributed by atoms with van der Waals surface area (Å²) < 4.78 is 5.86. The number of hydrogen-bond donors (Lipinski definition) is 0. The number of hydrogen-bond acceptors (Lipinski definition) is 2. The van der Waals surface area contributed by atoms with Crippen molar-refractivity contribution in [2.45, 2.75) is 39.4 Å². The number of likely N-dealkylation sites (tertiary alicyclic amines) is 1. The molecule has 0 unspecified atom stereocenters. The smallest absolute Gasteiger partial charge is 0.0682 e. The fourth-order valence-electron chi connectivity index (χ4n) is 1.84. The zero-order valence-electron chi connectivity index (χ0n) is 8.92. The number of ether oxygens (including phenoxy) is 1. The van der Waals surface area contributed by atoms with Gasteiger partial charge in [0.25, 0.3) is 0 Å². The van der Waals surface area contributed by atoms with E-state index in [1.54, 1.807) is 0 Å². The Bertz CT molecular complexity index is 148. The predicted octanol–water partition coefficient (Wildman–Crippen LogP) is 1.75. The molecule has 1 aliphatic rings. The first-order valence-electron chi connectivity index (χ1n) is 4.78. The Hall–Kier alpha value is -0.0800. The summed E-state index contributed by atoms with van der Waals surface area (Å²) in [6.45, 7) is 11.0. The second-order valence-corrected chi connectivity index (χ2v) is 4.69. The Kier molecular flexibility index (Phi) is 2.79. The van der Waals surface area contributed by atoms with Crippen LogP contribution in [0.3, 0.4) is 0 Å². The van der Waals surface area contributed by atoms with Crippen LogP contribution >= 0.6 is 0 Å². The lowest BCUT2D eigenvalue weighted by Gasteiger charge is -2.46. The van der Waals surface area contributed by atoms with Gasteiger partial charge in [-0.1, -0.05) is 0 Å². The predicted molar refractivity (Wildman–Crippen MR) is 51.3 cm³/mol. The molecule has 0 aromatic heterocycles. The van der Waals surface area contributed by atoms with Crippen LogP contribution < -0.4 is 0 Å². The van der Waals surface area contributed by atoms with E-state index in [9.17, 15) is 0 Å². The standard InChI is InChI=1S/C10H21NO/c1-8(2)12-10(3,4)9-6-11(5)7-9/h8-9H,6-7H2,1-5H3. The van der Waals surface area contributed by atoms with Gasteiger partial charge in [-0.15, -0.1) is 0 Å². The summed E-state index contributed by atoms with van der Waals surface area (Å²) in [5.41, 5.74) is 0.0562. The lowest BCUT2D eigenvalue weighted by Crippen LogP contribution is -2.55. The number of nitrogens with zero attached hydrogens (tertiary/aromatic N) is 1. The van der Waals surface area contributed by atoms with Crippen molar-refractivity contribution in [2.75, 3.05) is 20.1 Å². The van der Waals surface area contributed by atoms with Crippen LogP contribution in [-0.2, 0) is 4.74 Å². The molecular weight excluding hydrogens is 150 g/mol. The van der Waals surface area contributed by atoms with Crippen LogP contribution in [0.25, 0.3) is 0 Å². The molecule has 0 spiro atoms. The Labute approximate surface area is 75.9 Å². The molecule has 0 aromatic rings. The van der Waals surface area contributed by atoms with E-state index in [1.807, 2.05) is 0 Å². The van der Waals surface area contributed by atoms with Gasteiger partial charge in [-0.25, -0.2) is 0 Å². The molecule has 12 heavy (non-hydrogen) atoms. The van der Waals surface area contributed by atoms with Crippen LogP contribution in [0.15, 0.2) is 0 Å². The van der Waals surface area contributed by atoms with E-state index in [0.717, 1.165) is 0 Å². The molecule has 0 atom stereocenters. The van der Waals surface area contributed by atoms with Gasteiger partial charge in [0.15, 0.2) is 0 Å². The van der Waals surface area contributed by atoms with Crippen LogP contribution in [0.5, 0.6) is 0 Å². The molecule has 0 amide bonds. The van der Waals surface area contributed by atoms with Crippen molar-refractivity contribution in [3.8, 4) is 0 Å². The molecule has 1 rings (SSSR count). The van der Waals surface area contributed by atoms with Crippen LogP contribution in [0.4, 0.5) is 0 Å². The normalized spacial score (nSPS) is 21.5. The summed E-state index contributed by atoms with van der Waals surface area (Å²) in [6, 6.07) is 0. The van der Waals surface area contributed by atoms with E-state index >= 15 is 0 Å². The maximum absolute atomic E-state index is 5.86. The van der Waals surface area contributed by atoms with E-state index in [0.29, 0.717) is 12.0 Å². The van der Waals surface area contributed by atoms with Gasteiger partial charge in [-0.2, -0.15) is 0 Å². The van der Waals surface area contributed by atoms with Crippen molar-refractivity contribution in [1.82, 2.24) is 4.90 Å². The second kappa shape index (κ2) is 3.35. The molecule has 1 heterocycles. The van der Waals surface area contributed by atoms with Gasteiger partial charge in [-0.05, 0) is 34.7 Å². The third-order valence-corrected chi connectivity index (χ3v) is 2.59. The third-order valence-electron chi connectivity index (χ3n) is 2.59. The van der Waals surface area contributed by atoms with Crippen LogP contribution in [0.1, 0.15) is 27.7 Å². The van der Waals surface area contributed by atoms with Crippen molar-refractivity contribution in [3.63, 3.8) is 0 Å². The van der Waals surface area contributed by atoms with E-state index < -0.39 is 0 Å². The largest absolute Gasteiger partial charge is 0.373 e. The minimum absolute atomic E-state index is 0.0562. The quantitative estimate of drug-likeness (QED) is 0.641. The van der Waals surface area contributed by atoms with Crippen molar-refractivity contribution in [1.29, 1.82) is 0 Å². The second-order valence-electron chi connectivity index (χ2n) is 4.69. The van der Waals surface area contributed by atoms with Crippen LogP contribution in [0, 0.1) is 5.92 Å². The molecule has 0 radical (unpaired) electrons. The van der Waals surface area contributed by atoms with Crippen molar-refractivity contribution >= 4 is 0 Å². The monoisotopic (exact) mass is 171 g/mol. The molecule has 1 fully saturated rings. The van der Waals surface area contributed by atoms with Crippen LogP contribution in [0.2, 0.25) is 0 Å². The lowest BCUT2D eigenvalue weighted by atomic mass is 9.84. The van der Waals surface area contributed by atoms with Crippen molar-refractivity contribution < 1.29 is 4.74 Å². The fourth-order valence-corrected chi connectivity index (χ4v) is 1.84. The Morgan fingerprint density at radius 1 is 1.33 bits per heavy atom. The number of rotatable bonds is 3. The van der Waals surface area contributed by atoms with Gasteiger partial charge in [-0.3, -0.25) is 0 Å². The molecule has 0 aromatic carbocycles. The molecule has 72 valence electrons. The van der Waals surface area contributed by atoms with E-state index in [-0.39, 0.29) is 5.60 Å². The molecule has 0 aliphatic carbocycles. The minimum atomic E-state index is 0.0562. The summed E-state index contributed by atoms with van der Waals surface area (Å²) in [6.07, 6.45) is 0.339. The van der Waals surface area contributed by atoms with Gasteiger partial charge in [0.2, 0.25) is 0 Å². The first kappa shape index (κ1) is 10.0. The molecule has 0 N–H and O–H groups in total. The van der Waals surface area contributed by atoms with Gasteiger partial charge in [0.05, 0.1) is 11.7 Å². The first-order valence-corrected chi connectivity index (χ1v) is 4.78. The zero-order chi connectivity index (χ0) is 9.35. The zero-order valence-corrected chi connectivity index (χ0v) is 8.92. The third kappa shape index (κ3) is 2.20. The van der Waals surface area contributed by atoms with Gasteiger partial charge in [0.1, 0.15) is 0 Å². The Morgan fingerprint density at radius 3 is 2.17 bits per heavy atom. The SMILES string of the molecule is CC(C)OC(C)(C)C1CN(C)C1. The summed E-state index contributed by atoms with van der Waals surface area (Å²) in [5, 5.41) is 0. The van der Waals surface area contributed by atoms with Gasteiger partial charge >= 0.3 is 0 Å². The molecule has 1 aliphatic heterocycles. The topological polar surface area (TPSA) is 12.5 Å². The summed E-state index contributed by atoms with van der Waals surface area (Å²) in [5.74, 6) is 0.713. The highest BCUT2D eigenvalue weighted by Gasteiger charge is 2.38. The molecule has 1 saturated heterocycles. The van der Waals surface area contributed by atoms with Crippen LogP contribution in [-0.4, -0.2) is 36.7 Å². The highest BCUT2D eigenvalue weighted by Crippen LogP contribution is 2.29. The molecule has 0 bridgehead atoms. The summed E-state index contributed by atoms with van der Waals surface area (Å²) in [4.78, 5) is 2.33. The lowest BCUT2D eigenvalue weighted by molar-refractivity contribution is -0.127. The van der Waals surface area contributed by atoms with E-state index in [1.165, 1.54) is 13.1 Å². The molecule has 2 heteroatoms. The Morgan fingerprint density at radius 2 is 1.83 bits per heavy atom. The van der Waals surface area contributed by atoms with Crippen molar-refractivity contribution in [3.05, 3.63) is 0 Å². The van der Waals surface area contributed by atoms with Gasteiger partial charge in [0, 0.05) is 19.0 Å². The average Bonchev–Trinajstić information content (AvgIpc) is 1.77. The summed E-state index contributed by atoms with van der Waals surface area (Å²) in [7, 11) is 2.15. The molecule has 2 nitrogen and oxygen atoms in total. The highest BCUT2D eigenvalue weighted by molar-refractivity contribution is 4.90. The van der Waals surface area contributed by atoms with E-state index in [2.05, 4.69) is 39.6 Å². The molecular formula is C10H21NO. The molecule has 0 saturated carbocycles. The van der Waals surface area contributed by atoms with Crippen molar-refractivity contribution in [2.24, 2.45) is 5.92 Å². The minimum Gasteiger partial charge on any atom is -0.373 e. The first-order chi connectivity index (χ1) is 5.42. The maximum Gasteiger partial charge on any atom is 0.0682 e. The average molecular weight is 171 g/mol. The van der Waals surface area contributed by atoms with Gasteiger partial charge < -0.3 is 9.64 Å². The Balaban J connectivity index is 2.38. The maximum atomic E-state index is 5.86. The fraction of sp³-hybridized carbons (Fsp3) is 1.00.